The van der Waals surface area contributed by atoms with Gasteiger partial charge in [-0.25, -0.2) is 4.99 Å². The molecule has 0 atom stereocenters. The van der Waals surface area contributed by atoms with E-state index in [9.17, 15) is 9.59 Å². The molecule has 156 valence electrons. The lowest BCUT2D eigenvalue weighted by Gasteiger charge is -2.26. The lowest BCUT2D eigenvalue weighted by molar-refractivity contribution is -0.131. The Morgan fingerprint density at radius 1 is 1.04 bits per heavy atom. The molecule has 2 rings (SSSR count). The molecule has 0 bridgehead atoms. The number of nitrogens with one attached hydrogen (secondary N) is 2. The lowest BCUT2D eigenvalue weighted by atomic mass is 10.1. The van der Waals surface area contributed by atoms with Gasteiger partial charge in [-0.2, -0.15) is 0 Å². The molecule has 0 spiro atoms. The number of likely N-dealkylation sites (tertiary alicyclic amines) is 2. The number of carbonyl (C=O) groups is 2. The predicted octanol–water partition coefficient (Wildman–Crippen LogP) is 1.96. The summed E-state index contributed by atoms with van der Waals surface area (Å²) >= 11 is 0. The van der Waals surface area contributed by atoms with Crippen molar-refractivity contribution >= 4 is 41.8 Å². The maximum atomic E-state index is 12.2. The van der Waals surface area contributed by atoms with Crippen molar-refractivity contribution in [2.24, 2.45) is 4.99 Å². The molecule has 0 aliphatic carbocycles. The van der Waals surface area contributed by atoms with E-state index in [0.717, 1.165) is 77.8 Å². The number of guanidine groups is 1. The Bertz CT molecular complexity index is 481. The van der Waals surface area contributed by atoms with Crippen molar-refractivity contribution in [3.8, 4) is 0 Å². The highest BCUT2D eigenvalue weighted by Gasteiger charge is 2.17. The molecule has 0 aromatic rings. The highest BCUT2D eigenvalue weighted by atomic mass is 127. The summed E-state index contributed by atoms with van der Waals surface area (Å²) in [6, 6.07) is 0. The minimum Gasteiger partial charge on any atom is -0.357 e. The second kappa shape index (κ2) is 14.0. The first kappa shape index (κ1) is 24.0. The van der Waals surface area contributed by atoms with E-state index in [1.165, 1.54) is 6.42 Å². The first-order valence-electron chi connectivity index (χ1n) is 10.3. The van der Waals surface area contributed by atoms with Gasteiger partial charge in [-0.05, 0) is 45.4 Å². The molecular formula is C19H36IN5O2. The Morgan fingerprint density at radius 3 is 2.48 bits per heavy atom. The standard InChI is InChI=1S/C19H35N5O2.HI/c1-2-20-19(22-16-18(26)24-13-7-4-8-14-24)21-11-9-15-23-12-6-3-5-10-17(23)25;/h2-16H2,1H3,(H2,20,21,22);1H. The van der Waals surface area contributed by atoms with Crippen LogP contribution in [0.15, 0.2) is 4.99 Å². The predicted molar refractivity (Wildman–Crippen MR) is 119 cm³/mol. The number of rotatable bonds is 7. The third-order valence-electron chi connectivity index (χ3n) is 4.99. The van der Waals surface area contributed by atoms with Gasteiger partial charge in [-0.1, -0.05) is 6.42 Å². The van der Waals surface area contributed by atoms with Crippen molar-refractivity contribution < 1.29 is 9.59 Å². The molecule has 2 aliphatic heterocycles. The van der Waals surface area contributed by atoms with Crippen LogP contribution >= 0.6 is 24.0 Å². The lowest BCUT2D eigenvalue weighted by Crippen LogP contribution is -2.41. The molecule has 0 saturated carbocycles. The fourth-order valence-corrected chi connectivity index (χ4v) is 3.48. The maximum Gasteiger partial charge on any atom is 0.244 e. The van der Waals surface area contributed by atoms with Gasteiger partial charge in [0.05, 0.1) is 0 Å². The molecule has 2 fully saturated rings. The molecule has 2 saturated heterocycles. The SMILES string of the molecule is CCNC(=NCC(=O)N1CCCCC1)NCCCN1CCCCCC1=O.I. The van der Waals surface area contributed by atoms with E-state index in [1.807, 2.05) is 16.7 Å². The van der Waals surface area contributed by atoms with Crippen LogP contribution in [0, 0.1) is 0 Å². The largest absolute Gasteiger partial charge is 0.357 e. The van der Waals surface area contributed by atoms with Gasteiger partial charge in [-0.3, -0.25) is 9.59 Å². The quantitative estimate of drug-likeness (QED) is 0.246. The topological polar surface area (TPSA) is 77.0 Å². The summed E-state index contributed by atoms with van der Waals surface area (Å²) in [5, 5.41) is 6.46. The number of halogens is 1. The molecule has 0 unspecified atom stereocenters. The zero-order valence-electron chi connectivity index (χ0n) is 16.7. The summed E-state index contributed by atoms with van der Waals surface area (Å²) < 4.78 is 0. The summed E-state index contributed by atoms with van der Waals surface area (Å²) in [4.78, 5) is 32.6. The monoisotopic (exact) mass is 493 g/mol. The highest BCUT2D eigenvalue weighted by molar-refractivity contribution is 14.0. The molecule has 27 heavy (non-hydrogen) atoms. The van der Waals surface area contributed by atoms with Gasteiger partial charge >= 0.3 is 0 Å². The molecule has 0 aromatic carbocycles. The van der Waals surface area contributed by atoms with Crippen molar-refractivity contribution in [1.29, 1.82) is 0 Å². The number of piperidine rings is 1. The number of carbonyl (C=O) groups excluding carboxylic acids is 2. The molecule has 2 heterocycles. The molecule has 2 N–H and O–H groups in total. The summed E-state index contributed by atoms with van der Waals surface area (Å²) in [5.74, 6) is 1.08. The van der Waals surface area contributed by atoms with Gasteiger partial charge in [0.1, 0.15) is 6.54 Å². The molecular weight excluding hydrogens is 457 g/mol. The van der Waals surface area contributed by atoms with E-state index in [-0.39, 0.29) is 42.3 Å². The van der Waals surface area contributed by atoms with Gasteiger partial charge in [0.15, 0.2) is 5.96 Å². The Morgan fingerprint density at radius 2 is 1.74 bits per heavy atom. The first-order chi connectivity index (χ1) is 12.7. The van der Waals surface area contributed by atoms with E-state index in [2.05, 4.69) is 15.6 Å². The Labute approximate surface area is 180 Å². The summed E-state index contributed by atoms with van der Waals surface area (Å²) in [5.41, 5.74) is 0. The number of amides is 2. The fourth-order valence-electron chi connectivity index (χ4n) is 3.48. The van der Waals surface area contributed by atoms with Gasteiger partial charge in [0, 0.05) is 45.7 Å². The Balaban J connectivity index is 0.00000364. The van der Waals surface area contributed by atoms with Gasteiger partial charge in [-0.15, -0.1) is 24.0 Å². The first-order valence-corrected chi connectivity index (χ1v) is 10.3. The van der Waals surface area contributed by atoms with Crippen LogP contribution in [0.1, 0.15) is 58.3 Å². The number of nitrogens with zero attached hydrogens (tertiary/aromatic N) is 3. The summed E-state index contributed by atoms with van der Waals surface area (Å²) in [7, 11) is 0. The van der Waals surface area contributed by atoms with Crippen molar-refractivity contribution in [2.75, 3.05) is 45.8 Å². The Kier molecular flexibility index (Phi) is 12.4. The van der Waals surface area contributed by atoms with Gasteiger partial charge < -0.3 is 20.4 Å². The van der Waals surface area contributed by atoms with Crippen LogP contribution in [0.25, 0.3) is 0 Å². The van der Waals surface area contributed by atoms with Crippen LogP contribution in [-0.2, 0) is 9.59 Å². The van der Waals surface area contributed by atoms with Crippen molar-refractivity contribution in [1.82, 2.24) is 20.4 Å². The summed E-state index contributed by atoms with van der Waals surface area (Å²) in [6.45, 7) is 7.11. The average Bonchev–Trinajstić information content (AvgIpc) is 2.87. The molecule has 2 aliphatic rings. The fraction of sp³-hybridized carbons (Fsp3) is 0.842. The maximum absolute atomic E-state index is 12.2. The molecule has 2 amide bonds. The number of aliphatic imine (C=N–C) groups is 1. The van der Waals surface area contributed by atoms with Crippen LogP contribution in [-0.4, -0.2) is 73.4 Å². The van der Waals surface area contributed by atoms with E-state index >= 15 is 0 Å². The van der Waals surface area contributed by atoms with Crippen molar-refractivity contribution in [3.05, 3.63) is 0 Å². The van der Waals surface area contributed by atoms with Crippen LogP contribution in [0.3, 0.4) is 0 Å². The normalized spacial score (nSPS) is 18.6. The van der Waals surface area contributed by atoms with E-state index < -0.39 is 0 Å². The van der Waals surface area contributed by atoms with Gasteiger partial charge in [0.2, 0.25) is 11.8 Å². The number of hydrogen-bond acceptors (Lipinski definition) is 3. The van der Waals surface area contributed by atoms with Crippen LogP contribution in [0.2, 0.25) is 0 Å². The minimum atomic E-state index is 0. The molecule has 0 radical (unpaired) electrons. The third-order valence-corrected chi connectivity index (χ3v) is 4.99. The second-order valence-electron chi connectivity index (χ2n) is 7.11. The highest BCUT2D eigenvalue weighted by Crippen LogP contribution is 2.11. The van der Waals surface area contributed by atoms with E-state index in [1.54, 1.807) is 0 Å². The van der Waals surface area contributed by atoms with Crippen molar-refractivity contribution in [3.63, 3.8) is 0 Å². The van der Waals surface area contributed by atoms with Crippen LogP contribution in [0.5, 0.6) is 0 Å². The smallest absolute Gasteiger partial charge is 0.244 e. The summed E-state index contributed by atoms with van der Waals surface area (Å²) in [6.07, 6.45) is 8.29. The molecule has 8 heteroatoms. The second-order valence-corrected chi connectivity index (χ2v) is 7.11. The molecule has 7 nitrogen and oxygen atoms in total. The van der Waals surface area contributed by atoms with Crippen LogP contribution < -0.4 is 10.6 Å². The Hall–Kier alpha value is -1.06. The van der Waals surface area contributed by atoms with Crippen molar-refractivity contribution in [2.45, 2.75) is 58.3 Å². The van der Waals surface area contributed by atoms with Crippen LogP contribution in [0.4, 0.5) is 0 Å². The molecule has 0 aromatic heterocycles. The zero-order chi connectivity index (χ0) is 18.6. The van der Waals surface area contributed by atoms with E-state index in [4.69, 9.17) is 0 Å². The average molecular weight is 493 g/mol. The minimum absolute atomic E-state index is 0. The van der Waals surface area contributed by atoms with Gasteiger partial charge in [0.25, 0.3) is 0 Å². The third kappa shape index (κ3) is 9.12. The number of hydrogen-bond donors (Lipinski definition) is 2. The van der Waals surface area contributed by atoms with E-state index in [0.29, 0.717) is 12.4 Å². The zero-order valence-corrected chi connectivity index (χ0v) is 19.0.